The summed E-state index contributed by atoms with van der Waals surface area (Å²) in [6, 6.07) is 7.93. The molecule has 12 heteroatoms. The summed E-state index contributed by atoms with van der Waals surface area (Å²) in [7, 11) is 0. The van der Waals surface area contributed by atoms with Gasteiger partial charge in [0.15, 0.2) is 0 Å². The van der Waals surface area contributed by atoms with Crippen molar-refractivity contribution in [1.82, 2.24) is 24.7 Å². The van der Waals surface area contributed by atoms with Gasteiger partial charge in [0, 0.05) is 35.8 Å². The van der Waals surface area contributed by atoms with Crippen molar-refractivity contribution >= 4 is 34.5 Å². The highest BCUT2D eigenvalue weighted by Gasteiger charge is 2.31. The lowest BCUT2D eigenvalue weighted by atomic mass is 9.94. The van der Waals surface area contributed by atoms with Gasteiger partial charge >= 0.3 is 6.18 Å². The van der Waals surface area contributed by atoms with E-state index >= 15 is 0 Å². The number of nitrogens with two attached hydrogens (primary N) is 1. The molecule has 0 bridgehead atoms. The normalized spacial score (nSPS) is 15.0. The minimum Gasteiger partial charge on any atom is -0.382 e. The molecule has 2 amide bonds. The Morgan fingerprint density at radius 1 is 1.12 bits per heavy atom. The Bertz CT molecular complexity index is 1730. The molecule has 5 rings (SSSR count). The molecule has 0 fully saturated rings. The summed E-state index contributed by atoms with van der Waals surface area (Å²) < 4.78 is 40.9. The summed E-state index contributed by atoms with van der Waals surface area (Å²) in [4.78, 5) is 37.6. The molecule has 3 heterocycles. The molecule has 208 valence electrons. The molecule has 0 saturated heterocycles. The van der Waals surface area contributed by atoms with Crippen LogP contribution in [0.4, 0.5) is 24.8 Å². The molecule has 41 heavy (non-hydrogen) atoms. The van der Waals surface area contributed by atoms with E-state index in [1.54, 1.807) is 31.5 Å². The van der Waals surface area contributed by atoms with Gasteiger partial charge in [0.05, 0.1) is 5.56 Å². The predicted molar refractivity (Wildman–Crippen MR) is 147 cm³/mol. The summed E-state index contributed by atoms with van der Waals surface area (Å²) in [6.45, 7) is 1.61. The first-order valence-electron chi connectivity index (χ1n) is 12.6. The average molecular weight is 560 g/mol. The Morgan fingerprint density at radius 3 is 2.63 bits per heavy atom. The van der Waals surface area contributed by atoms with Crippen molar-refractivity contribution in [3.8, 4) is 23.1 Å². The van der Waals surface area contributed by atoms with E-state index < -0.39 is 17.6 Å². The zero-order valence-electron chi connectivity index (χ0n) is 21.8. The number of nitrogens with zero attached hydrogens (tertiary/aromatic N) is 4. The Morgan fingerprint density at radius 2 is 1.90 bits per heavy atom. The lowest BCUT2D eigenvalue weighted by Gasteiger charge is -2.22. The van der Waals surface area contributed by atoms with Crippen LogP contribution < -0.4 is 16.4 Å². The molecule has 4 aromatic rings. The summed E-state index contributed by atoms with van der Waals surface area (Å²) in [6.07, 6.45) is 3.92. The first kappa shape index (κ1) is 27.4. The summed E-state index contributed by atoms with van der Waals surface area (Å²) in [5, 5.41) is 5.33. The van der Waals surface area contributed by atoms with E-state index in [2.05, 4.69) is 38.5 Å². The standard InChI is InChI=1S/C29H24F3N7O2/c1-2-4-23(40)36-21-6-3-5-19(15-21)27-38-24(25-26(33)35-13-14-39(25)27)17-7-9-18(10-8-17)28(41)37-22-16-20(11-12-34-22)29(30,31)32/h5,7-14,16,21H,3,6,15H2,1H3,(H2,33,35)(H,36,40)(H,34,37,41). The number of halogens is 3. The van der Waals surface area contributed by atoms with Crippen LogP contribution in [0, 0.1) is 11.8 Å². The summed E-state index contributed by atoms with van der Waals surface area (Å²) in [5.41, 5.74) is 8.27. The zero-order valence-corrected chi connectivity index (χ0v) is 21.8. The maximum absolute atomic E-state index is 13.0. The second-order valence-electron chi connectivity index (χ2n) is 9.33. The number of alkyl halides is 3. The average Bonchev–Trinajstić information content (AvgIpc) is 3.34. The maximum Gasteiger partial charge on any atom is 0.416 e. The van der Waals surface area contributed by atoms with Crippen LogP contribution in [0.1, 0.15) is 47.9 Å². The van der Waals surface area contributed by atoms with Crippen LogP contribution in [-0.2, 0) is 11.0 Å². The monoisotopic (exact) mass is 559 g/mol. The SMILES string of the molecule is CC#CC(=O)NC1CCC=C(c2nc(-c3ccc(C(=O)Nc4cc(C(F)(F)F)ccn4)cc3)c3c(N)nccn23)C1. The Hall–Kier alpha value is -5.18. The number of rotatable bonds is 5. The van der Waals surface area contributed by atoms with Crippen LogP contribution >= 0.6 is 0 Å². The van der Waals surface area contributed by atoms with Crippen LogP contribution in [0.3, 0.4) is 0 Å². The minimum absolute atomic E-state index is 0.0950. The molecule has 1 atom stereocenters. The van der Waals surface area contributed by atoms with Gasteiger partial charge in [0.25, 0.3) is 11.8 Å². The molecular weight excluding hydrogens is 535 g/mol. The fourth-order valence-electron chi connectivity index (χ4n) is 4.69. The lowest BCUT2D eigenvalue weighted by molar-refractivity contribution is -0.137. The van der Waals surface area contributed by atoms with Crippen LogP contribution in [0.15, 0.2) is 61.1 Å². The van der Waals surface area contributed by atoms with Crippen molar-refractivity contribution in [2.75, 3.05) is 11.1 Å². The summed E-state index contributed by atoms with van der Waals surface area (Å²) in [5.74, 6) is 4.86. The number of carbonyl (C=O) groups is 2. The van der Waals surface area contributed by atoms with E-state index in [1.807, 2.05) is 4.40 Å². The molecule has 1 aliphatic carbocycles. The van der Waals surface area contributed by atoms with Crippen LogP contribution in [0.5, 0.6) is 0 Å². The van der Waals surface area contributed by atoms with Gasteiger partial charge in [-0.25, -0.2) is 15.0 Å². The molecule has 4 N–H and O–H groups in total. The van der Waals surface area contributed by atoms with Gasteiger partial charge in [-0.2, -0.15) is 13.2 Å². The van der Waals surface area contributed by atoms with Crippen molar-refractivity contribution in [3.05, 3.63) is 78.0 Å². The number of hydrogen-bond donors (Lipinski definition) is 3. The van der Waals surface area contributed by atoms with E-state index in [0.29, 0.717) is 29.0 Å². The number of fused-ring (bicyclic) bond motifs is 1. The van der Waals surface area contributed by atoms with Gasteiger partial charge in [-0.05, 0) is 61.9 Å². The van der Waals surface area contributed by atoms with Crippen LogP contribution in [0.2, 0.25) is 0 Å². The molecule has 1 aromatic carbocycles. The molecule has 9 nitrogen and oxygen atoms in total. The van der Waals surface area contributed by atoms with Crippen molar-refractivity contribution in [1.29, 1.82) is 0 Å². The van der Waals surface area contributed by atoms with Crippen molar-refractivity contribution in [3.63, 3.8) is 0 Å². The fraction of sp³-hybridized carbons (Fsp3) is 0.207. The number of amides is 2. The van der Waals surface area contributed by atoms with Gasteiger partial charge in [0.2, 0.25) is 0 Å². The third-order valence-electron chi connectivity index (χ3n) is 6.57. The van der Waals surface area contributed by atoms with E-state index in [4.69, 9.17) is 10.7 Å². The van der Waals surface area contributed by atoms with Gasteiger partial charge in [-0.3, -0.25) is 14.0 Å². The van der Waals surface area contributed by atoms with Crippen molar-refractivity contribution < 1.29 is 22.8 Å². The largest absolute Gasteiger partial charge is 0.416 e. The predicted octanol–water partition coefficient (Wildman–Crippen LogP) is 4.72. The smallest absolute Gasteiger partial charge is 0.382 e. The number of aromatic nitrogens is 4. The number of nitrogens with one attached hydrogen (secondary N) is 2. The van der Waals surface area contributed by atoms with Gasteiger partial charge in [-0.1, -0.05) is 24.1 Å². The Labute approximate surface area is 232 Å². The molecule has 0 radical (unpaired) electrons. The number of imidazole rings is 1. The molecule has 0 spiro atoms. The molecule has 1 aliphatic rings. The van der Waals surface area contributed by atoms with Crippen molar-refractivity contribution in [2.45, 2.75) is 38.4 Å². The minimum atomic E-state index is -4.56. The van der Waals surface area contributed by atoms with Gasteiger partial charge in [-0.15, -0.1) is 0 Å². The Kier molecular flexibility index (Phi) is 7.43. The van der Waals surface area contributed by atoms with E-state index in [9.17, 15) is 22.8 Å². The van der Waals surface area contributed by atoms with Crippen LogP contribution in [0.25, 0.3) is 22.3 Å². The third kappa shape index (κ3) is 5.89. The van der Waals surface area contributed by atoms with E-state index in [0.717, 1.165) is 36.7 Å². The number of pyridine rings is 1. The lowest BCUT2D eigenvalue weighted by Crippen LogP contribution is -2.35. The first-order valence-corrected chi connectivity index (χ1v) is 12.6. The molecule has 0 saturated carbocycles. The van der Waals surface area contributed by atoms with Gasteiger partial charge < -0.3 is 16.4 Å². The number of hydrogen-bond acceptors (Lipinski definition) is 6. The molecule has 0 aliphatic heterocycles. The van der Waals surface area contributed by atoms with Crippen molar-refractivity contribution in [2.24, 2.45) is 0 Å². The third-order valence-corrected chi connectivity index (χ3v) is 6.57. The quantitative estimate of drug-likeness (QED) is 0.304. The van der Waals surface area contributed by atoms with E-state index in [1.165, 1.54) is 12.1 Å². The first-order chi connectivity index (χ1) is 19.6. The van der Waals surface area contributed by atoms with Gasteiger partial charge in [0.1, 0.15) is 28.7 Å². The number of allylic oxidation sites excluding steroid dienone is 1. The topological polar surface area (TPSA) is 127 Å². The maximum atomic E-state index is 13.0. The highest BCUT2D eigenvalue weighted by atomic mass is 19.4. The Balaban J connectivity index is 1.42. The number of nitrogen functional groups attached to an aromatic ring is 1. The molecular formula is C29H24F3N7O2. The highest BCUT2D eigenvalue weighted by Crippen LogP contribution is 2.34. The second-order valence-corrected chi connectivity index (χ2v) is 9.33. The summed E-state index contributed by atoms with van der Waals surface area (Å²) >= 11 is 0. The zero-order chi connectivity index (χ0) is 29.1. The van der Waals surface area contributed by atoms with E-state index in [-0.39, 0.29) is 29.1 Å². The highest BCUT2D eigenvalue weighted by molar-refractivity contribution is 6.04. The second kappa shape index (κ2) is 11.1. The molecule has 1 unspecified atom stereocenters. The molecule has 3 aromatic heterocycles. The number of benzene rings is 1. The van der Waals surface area contributed by atoms with Crippen LogP contribution in [-0.4, -0.2) is 37.2 Å². The number of carbonyl (C=O) groups excluding carboxylic acids is 2. The number of anilines is 2. The fourth-order valence-corrected chi connectivity index (χ4v) is 4.69.